The second-order valence-corrected chi connectivity index (χ2v) is 3.96. The molecule has 0 bridgehead atoms. The van der Waals surface area contributed by atoms with Gasteiger partial charge in [0.15, 0.2) is 0 Å². The summed E-state index contributed by atoms with van der Waals surface area (Å²) in [6.07, 6.45) is 3.51. The number of nitrogens with zero attached hydrogens (tertiary/aromatic N) is 2. The number of nitrogen functional groups attached to an aromatic ring is 1. The highest BCUT2D eigenvalue weighted by Crippen LogP contribution is 2.25. The summed E-state index contributed by atoms with van der Waals surface area (Å²) in [4.78, 5) is 8.46. The van der Waals surface area contributed by atoms with Crippen LogP contribution in [0, 0.1) is 6.92 Å². The molecule has 5 heteroatoms. The molecule has 1 aromatic carbocycles. The van der Waals surface area contributed by atoms with Crippen LogP contribution in [-0.2, 0) is 6.54 Å². The molecule has 1 heterocycles. The first-order valence-corrected chi connectivity index (χ1v) is 5.64. The largest absolute Gasteiger partial charge is 0.495 e. The maximum atomic E-state index is 5.75. The van der Waals surface area contributed by atoms with E-state index in [0.29, 0.717) is 18.0 Å². The molecule has 18 heavy (non-hydrogen) atoms. The Bertz CT molecular complexity index is 525. The zero-order chi connectivity index (χ0) is 13.0. The second-order valence-electron chi connectivity index (χ2n) is 3.96. The maximum absolute atomic E-state index is 5.75. The van der Waals surface area contributed by atoms with Crippen LogP contribution in [0.25, 0.3) is 0 Å². The third-order valence-corrected chi connectivity index (χ3v) is 2.54. The van der Waals surface area contributed by atoms with Gasteiger partial charge in [-0.3, -0.25) is 9.97 Å². The van der Waals surface area contributed by atoms with Gasteiger partial charge in [0.1, 0.15) is 5.75 Å². The van der Waals surface area contributed by atoms with E-state index >= 15 is 0 Å². The van der Waals surface area contributed by atoms with Gasteiger partial charge in [-0.05, 0) is 19.1 Å². The quantitative estimate of drug-likeness (QED) is 0.805. The SMILES string of the molecule is COc1cc(NCc2cnc(C)cn2)ccc1N. The van der Waals surface area contributed by atoms with Crippen LogP contribution < -0.4 is 15.8 Å². The maximum Gasteiger partial charge on any atom is 0.143 e. The summed E-state index contributed by atoms with van der Waals surface area (Å²) < 4.78 is 5.16. The first-order valence-electron chi connectivity index (χ1n) is 5.64. The van der Waals surface area contributed by atoms with E-state index in [1.54, 1.807) is 19.5 Å². The van der Waals surface area contributed by atoms with E-state index in [9.17, 15) is 0 Å². The third kappa shape index (κ3) is 2.88. The smallest absolute Gasteiger partial charge is 0.143 e. The van der Waals surface area contributed by atoms with Crippen molar-refractivity contribution in [1.29, 1.82) is 0 Å². The van der Waals surface area contributed by atoms with Crippen molar-refractivity contribution in [3.05, 3.63) is 42.0 Å². The van der Waals surface area contributed by atoms with Gasteiger partial charge in [0, 0.05) is 18.0 Å². The predicted octanol–water partition coefficient (Wildman–Crippen LogP) is 1.99. The van der Waals surface area contributed by atoms with Gasteiger partial charge in [-0.25, -0.2) is 0 Å². The van der Waals surface area contributed by atoms with Crippen LogP contribution in [0.1, 0.15) is 11.4 Å². The molecule has 0 fully saturated rings. The molecule has 0 atom stereocenters. The zero-order valence-corrected chi connectivity index (χ0v) is 10.5. The minimum Gasteiger partial charge on any atom is -0.495 e. The molecule has 0 aliphatic carbocycles. The van der Waals surface area contributed by atoms with Crippen molar-refractivity contribution in [2.45, 2.75) is 13.5 Å². The van der Waals surface area contributed by atoms with Crippen molar-refractivity contribution in [2.75, 3.05) is 18.2 Å². The highest BCUT2D eigenvalue weighted by atomic mass is 16.5. The fourth-order valence-corrected chi connectivity index (χ4v) is 1.52. The minimum absolute atomic E-state index is 0.611. The van der Waals surface area contributed by atoms with Crippen molar-refractivity contribution < 1.29 is 4.74 Å². The van der Waals surface area contributed by atoms with Gasteiger partial charge < -0.3 is 15.8 Å². The van der Waals surface area contributed by atoms with Gasteiger partial charge >= 0.3 is 0 Å². The van der Waals surface area contributed by atoms with Crippen molar-refractivity contribution in [3.8, 4) is 5.75 Å². The van der Waals surface area contributed by atoms with E-state index < -0.39 is 0 Å². The fraction of sp³-hybridized carbons (Fsp3) is 0.231. The number of hydrogen-bond acceptors (Lipinski definition) is 5. The molecule has 0 saturated carbocycles. The molecule has 0 spiro atoms. The molecule has 3 N–H and O–H groups in total. The number of methoxy groups -OCH3 is 1. The molecule has 94 valence electrons. The number of nitrogens with one attached hydrogen (secondary N) is 1. The molecular formula is C13H16N4O. The summed E-state index contributed by atoms with van der Waals surface area (Å²) in [5, 5.41) is 3.24. The lowest BCUT2D eigenvalue weighted by molar-refractivity contribution is 0.417. The van der Waals surface area contributed by atoms with Gasteiger partial charge in [0.2, 0.25) is 0 Å². The zero-order valence-electron chi connectivity index (χ0n) is 10.5. The average Bonchev–Trinajstić information content (AvgIpc) is 2.39. The molecule has 0 unspecified atom stereocenters. The molecule has 0 radical (unpaired) electrons. The number of anilines is 2. The Morgan fingerprint density at radius 1 is 1.28 bits per heavy atom. The number of nitrogens with two attached hydrogens (primary N) is 1. The molecule has 0 aliphatic heterocycles. The predicted molar refractivity (Wildman–Crippen MR) is 71.5 cm³/mol. The minimum atomic E-state index is 0.611. The number of ether oxygens (including phenoxy) is 1. The van der Waals surface area contributed by atoms with Crippen molar-refractivity contribution in [2.24, 2.45) is 0 Å². The first kappa shape index (κ1) is 12.2. The van der Waals surface area contributed by atoms with Crippen LogP contribution in [0.15, 0.2) is 30.6 Å². The standard InChI is InChI=1S/C13H16N4O/c1-9-6-16-11(7-15-9)8-17-10-3-4-12(14)13(5-10)18-2/h3-7,17H,8,14H2,1-2H3. The highest BCUT2D eigenvalue weighted by molar-refractivity contribution is 5.61. The summed E-state index contributed by atoms with van der Waals surface area (Å²) in [7, 11) is 1.60. The summed E-state index contributed by atoms with van der Waals surface area (Å²) in [6, 6.07) is 5.57. The number of aromatic nitrogens is 2. The number of rotatable bonds is 4. The second kappa shape index (κ2) is 5.35. The van der Waals surface area contributed by atoms with Crippen molar-refractivity contribution >= 4 is 11.4 Å². The van der Waals surface area contributed by atoms with Gasteiger partial charge in [-0.1, -0.05) is 0 Å². The lowest BCUT2D eigenvalue weighted by Gasteiger charge is -2.09. The number of aryl methyl sites for hydroxylation is 1. The molecular weight excluding hydrogens is 228 g/mol. The number of benzene rings is 1. The summed E-state index contributed by atoms with van der Waals surface area (Å²) >= 11 is 0. The van der Waals surface area contributed by atoms with Crippen LogP contribution >= 0.6 is 0 Å². The Balaban J connectivity index is 2.04. The van der Waals surface area contributed by atoms with Crippen LogP contribution in [0.3, 0.4) is 0 Å². The van der Waals surface area contributed by atoms with Crippen LogP contribution in [0.5, 0.6) is 5.75 Å². The normalized spacial score (nSPS) is 10.1. The summed E-state index contributed by atoms with van der Waals surface area (Å²) in [5.41, 5.74) is 9.10. The Hall–Kier alpha value is -2.30. The van der Waals surface area contributed by atoms with Crippen LogP contribution in [0.2, 0.25) is 0 Å². The third-order valence-electron chi connectivity index (χ3n) is 2.54. The van der Waals surface area contributed by atoms with Gasteiger partial charge in [0.05, 0.1) is 36.9 Å². The van der Waals surface area contributed by atoms with Crippen molar-refractivity contribution in [3.63, 3.8) is 0 Å². The van der Waals surface area contributed by atoms with E-state index in [0.717, 1.165) is 17.1 Å². The molecule has 2 aromatic rings. The van der Waals surface area contributed by atoms with Gasteiger partial charge in [0.25, 0.3) is 0 Å². The van der Waals surface area contributed by atoms with E-state index in [1.807, 2.05) is 25.1 Å². The molecule has 0 amide bonds. The Kier molecular flexibility index (Phi) is 3.62. The van der Waals surface area contributed by atoms with E-state index in [2.05, 4.69) is 15.3 Å². The van der Waals surface area contributed by atoms with E-state index in [1.165, 1.54) is 0 Å². The monoisotopic (exact) mass is 244 g/mol. The Labute approximate surface area is 106 Å². The number of hydrogen-bond donors (Lipinski definition) is 2. The lowest BCUT2D eigenvalue weighted by atomic mass is 10.2. The van der Waals surface area contributed by atoms with Crippen LogP contribution in [-0.4, -0.2) is 17.1 Å². The van der Waals surface area contributed by atoms with Gasteiger partial charge in [-0.2, -0.15) is 0 Å². The molecule has 5 nitrogen and oxygen atoms in total. The Morgan fingerprint density at radius 3 is 2.78 bits per heavy atom. The Morgan fingerprint density at radius 2 is 2.11 bits per heavy atom. The molecule has 1 aromatic heterocycles. The van der Waals surface area contributed by atoms with Gasteiger partial charge in [-0.15, -0.1) is 0 Å². The first-order chi connectivity index (χ1) is 8.69. The average molecular weight is 244 g/mol. The highest BCUT2D eigenvalue weighted by Gasteiger charge is 2.01. The molecule has 0 saturated heterocycles. The lowest BCUT2D eigenvalue weighted by Crippen LogP contribution is -2.03. The van der Waals surface area contributed by atoms with Crippen molar-refractivity contribution in [1.82, 2.24) is 9.97 Å². The summed E-state index contributed by atoms with van der Waals surface area (Å²) in [6.45, 7) is 2.52. The molecule has 2 rings (SSSR count). The summed E-state index contributed by atoms with van der Waals surface area (Å²) in [5.74, 6) is 0.662. The molecule has 0 aliphatic rings. The topological polar surface area (TPSA) is 73.1 Å². The van der Waals surface area contributed by atoms with Crippen LogP contribution in [0.4, 0.5) is 11.4 Å². The fourth-order valence-electron chi connectivity index (χ4n) is 1.52. The van der Waals surface area contributed by atoms with E-state index in [-0.39, 0.29) is 0 Å². The van der Waals surface area contributed by atoms with E-state index in [4.69, 9.17) is 10.5 Å².